The number of aromatic amines is 1. The van der Waals surface area contributed by atoms with Crippen molar-refractivity contribution in [2.45, 2.75) is 6.61 Å². The number of ether oxygens (including phenoxy) is 1. The summed E-state index contributed by atoms with van der Waals surface area (Å²) < 4.78 is 14.8. The van der Waals surface area contributed by atoms with Gasteiger partial charge in [0.2, 0.25) is 5.82 Å². The molecule has 0 aliphatic rings. The molecule has 3 heterocycles. The molecule has 0 aliphatic heterocycles. The van der Waals surface area contributed by atoms with Gasteiger partial charge in [0.25, 0.3) is 5.19 Å². The van der Waals surface area contributed by atoms with Gasteiger partial charge in [0.1, 0.15) is 12.3 Å². The van der Waals surface area contributed by atoms with E-state index in [4.69, 9.17) is 6.11 Å². The number of rotatable bonds is 4. The largest absolute Gasteiger partial charge is 0.463 e. The van der Waals surface area contributed by atoms with Crippen molar-refractivity contribution in [1.29, 1.82) is 0 Å². The van der Waals surface area contributed by atoms with Crippen LogP contribution in [0.3, 0.4) is 0 Å². The smallest absolute Gasteiger partial charge is 0.369 e. The molecular formula is C8H8N8O2S. The molecule has 0 aromatic carbocycles. The van der Waals surface area contributed by atoms with Gasteiger partial charge in [-0.2, -0.15) is 15.0 Å². The molecule has 0 aliphatic carbocycles. The molecule has 0 unspecified atom stereocenters. The Morgan fingerprint density at radius 1 is 1.53 bits per heavy atom. The summed E-state index contributed by atoms with van der Waals surface area (Å²) >= 11 is 1.20. The lowest BCUT2D eigenvalue weighted by Crippen LogP contribution is -2.23. The second-order valence-electron chi connectivity index (χ2n) is 3.42. The number of aromatic nitrogens is 8. The zero-order chi connectivity index (χ0) is 14.1. The summed E-state index contributed by atoms with van der Waals surface area (Å²) in [6, 6.07) is 0. The molecule has 0 spiro atoms. The van der Waals surface area contributed by atoms with Gasteiger partial charge in [0, 0.05) is 18.6 Å². The van der Waals surface area contributed by atoms with Crippen molar-refractivity contribution in [1.82, 2.24) is 40.2 Å². The quantitative estimate of drug-likeness (QED) is 0.660. The van der Waals surface area contributed by atoms with Crippen LogP contribution in [0, 0.1) is 0 Å². The van der Waals surface area contributed by atoms with E-state index in [0.717, 1.165) is 9.36 Å². The lowest BCUT2D eigenvalue weighted by atomic mass is 10.4. The van der Waals surface area contributed by atoms with E-state index in [0.29, 0.717) is 10.9 Å². The summed E-state index contributed by atoms with van der Waals surface area (Å²) in [7, 11) is 1.48. The van der Waals surface area contributed by atoms with Crippen LogP contribution in [0.2, 0.25) is 0 Å². The fourth-order valence-corrected chi connectivity index (χ4v) is 1.78. The molecule has 0 amide bonds. The Hall–Kier alpha value is -2.56. The number of hydrogen-bond donors (Lipinski definition) is 1. The minimum absolute atomic E-state index is 0.0435. The molecule has 0 fully saturated rings. The first kappa shape index (κ1) is 10.4. The van der Waals surface area contributed by atoms with Gasteiger partial charge in [-0.15, -0.1) is 9.78 Å². The molecule has 1 N–H and O–H groups in total. The minimum atomic E-state index is -0.442. The Labute approximate surface area is 111 Å². The molecule has 3 aromatic rings. The van der Waals surface area contributed by atoms with E-state index in [1.807, 2.05) is 0 Å². The highest BCUT2D eigenvalue weighted by molar-refractivity contribution is 7.11. The maximum atomic E-state index is 11.7. The van der Waals surface area contributed by atoms with Crippen LogP contribution in [0.4, 0.5) is 0 Å². The standard InChI is InChI=1S/C8H8N8O2S/c1-15-8(17)16(14-13-15)6-5(10-12-11-6)4-18-7-9-2-3-19-7/h2-3H,4H2,1H3,(H,10,11,12)/i2T. The number of nitrogens with zero attached hydrogens (tertiary/aromatic N) is 7. The lowest BCUT2D eigenvalue weighted by Gasteiger charge is -2.00. The average molecular weight is 282 g/mol. The van der Waals surface area contributed by atoms with E-state index in [9.17, 15) is 4.79 Å². The summed E-state index contributed by atoms with van der Waals surface area (Å²) in [5, 5.41) is 19.3. The zero-order valence-corrected chi connectivity index (χ0v) is 10.5. The van der Waals surface area contributed by atoms with Crippen molar-refractivity contribution >= 4 is 11.3 Å². The molecule has 0 bridgehead atoms. The average Bonchev–Trinajstić information content (AvgIpc) is 3.11. The van der Waals surface area contributed by atoms with Gasteiger partial charge in [0.15, 0.2) is 0 Å². The van der Waals surface area contributed by atoms with Crippen LogP contribution < -0.4 is 10.4 Å². The van der Waals surface area contributed by atoms with E-state index in [1.165, 1.54) is 18.4 Å². The van der Waals surface area contributed by atoms with Crippen LogP contribution in [0.1, 0.15) is 7.06 Å². The second-order valence-corrected chi connectivity index (χ2v) is 4.24. The van der Waals surface area contributed by atoms with Gasteiger partial charge in [-0.3, -0.25) is 0 Å². The Bertz CT molecular complexity index is 788. The highest BCUT2D eigenvalue weighted by Crippen LogP contribution is 2.16. The van der Waals surface area contributed by atoms with E-state index in [2.05, 4.69) is 30.8 Å². The maximum absolute atomic E-state index is 11.7. The Kier molecular flexibility index (Phi) is 2.51. The number of thiazole rings is 1. The van der Waals surface area contributed by atoms with Crippen LogP contribution in [0.5, 0.6) is 5.19 Å². The molecule has 11 heteroatoms. The highest BCUT2D eigenvalue weighted by Gasteiger charge is 2.16. The van der Waals surface area contributed by atoms with Crippen molar-refractivity contribution < 1.29 is 6.11 Å². The van der Waals surface area contributed by atoms with Gasteiger partial charge >= 0.3 is 5.69 Å². The van der Waals surface area contributed by atoms with E-state index in [-0.39, 0.29) is 18.6 Å². The van der Waals surface area contributed by atoms with Crippen molar-refractivity contribution in [3.63, 3.8) is 0 Å². The third-order valence-corrected chi connectivity index (χ3v) is 2.86. The number of H-pyrrole nitrogens is 1. The highest BCUT2D eigenvalue weighted by atomic mass is 32.1. The first-order valence-corrected chi connectivity index (χ1v) is 5.97. The molecule has 3 rings (SSSR count). The summed E-state index contributed by atoms with van der Waals surface area (Å²) in [5.74, 6) is 0.214. The van der Waals surface area contributed by atoms with Crippen LogP contribution in [0.15, 0.2) is 16.3 Å². The molecule has 10 nitrogen and oxygen atoms in total. The third kappa shape index (κ3) is 2.10. The number of aryl methyl sites for hydroxylation is 1. The topological polar surface area (TPSA) is 116 Å². The molecule has 3 aromatic heterocycles. The molecule has 0 radical (unpaired) electrons. The Morgan fingerprint density at radius 2 is 2.42 bits per heavy atom. The molecule has 0 saturated heterocycles. The van der Waals surface area contributed by atoms with Gasteiger partial charge in [-0.25, -0.2) is 9.78 Å². The predicted octanol–water partition coefficient (Wildman–Crippen LogP) is -0.880. The monoisotopic (exact) mass is 282 g/mol. The van der Waals surface area contributed by atoms with Crippen molar-refractivity contribution in [2.75, 3.05) is 0 Å². The predicted molar refractivity (Wildman–Crippen MR) is 63.0 cm³/mol. The second kappa shape index (κ2) is 4.61. The molecule has 0 atom stereocenters. The first-order valence-electron chi connectivity index (χ1n) is 5.59. The normalized spacial score (nSPS) is 11.5. The summed E-state index contributed by atoms with van der Waals surface area (Å²) in [6.45, 7) is 0.0435. The van der Waals surface area contributed by atoms with E-state index in [1.54, 1.807) is 5.38 Å². The van der Waals surface area contributed by atoms with Crippen molar-refractivity contribution in [3.8, 4) is 11.0 Å². The van der Waals surface area contributed by atoms with Gasteiger partial charge in [-0.05, 0) is 10.4 Å². The molecule has 98 valence electrons. The zero-order valence-electron chi connectivity index (χ0n) is 10.6. The summed E-state index contributed by atoms with van der Waals surface area (Å²) in [5.41, 5.74) is -0.0582. The van der Waals surface area contributed by atoms with E-state index >= 15 is 0 Å². The van der Waals surface area contributed by atoms with Gasteiger partial charge in [-0.1, -0.05) is 11.3 Å². The van der Waals surface area contributed by atoms with Crippen LogP contribution in [0.25, 0.3) is 5.82 Å². The van der Waals surface area contributed by atoms with Crippen molar-refractivity contribution in [2.24, 2.45) is 7.05 Å². The summed E-state index contributed by atoms with van der Waals surface area (Å²) in [4.78, 5) is 15.6. The number of tetrazole rings is 1. The number of hydrogen-bond acceptors (Lipinski definition) is 8. The SMILES string of the molecule is [3H]c1csc(OCc2n[nH]nc2-n2nnn(C)c2=O)n1. The van der Waals surface area contributed by atoms with Gasteiger partial charge in [0.05, 0.1) is 1.37 Å². The summed E-state index contributed by atoms with van der Waals surface area (Å²) in [6.07, 6.45) is 0.135. The van der Waals surface area contributed by atoms with Crippen LogP contribution in [-0.4, -0.2) is 40.2 Å². The Morgan fingerprint density at radius 3 is 3.11 bits per heavy atom. The van der Waals surface area contributed by atoms with Gasteiger partial charge < -0.3 is 4.74 Å². The molecular weight excluding hydrogens is 272 g/mol. The number of nitrogens with one attached hydrogen (secondary N) is 1. The minimum Gasteiger partial charge on any atom is -0.463 e. The maximum Gasteiger partial charge on any atom is 0.369 e. The Balaban J connectivity index is 1.83. The fourth-order valence-electron chi connectivity index (χ4n) is 1.34. The van der Waals surface area contributed by atoms with E-state index < -0.39 is 5.69 Å². The third-order valence-electron chi connectivity index (χ3n) is 2.22. The van der Waals surface area contributed by atoms with Crippen molar-refractivity contribution in [3.05, 3.63) is 27.7 Å². The molecule has 0 saturated carbocycles. The van der Waals surface area contributed by atoms with Crippen LogP contribution in [-0.2, 0) is 13.7 Å². The molecule has 19 heavy (non-hydrogen) atoms. The lowest BCUT2D eigenvalue weighted by molar-refractivity contribution is 0.299. The fraction of sp³-hybridized carbons (Fsp3) is 0.250. The van der Waals surface area contributed by atoms with Crippen LogP contribution >= 0.6 is 11.3 Å². The first-order chi connectivity index (χ1) is 9.65.